The summed E-state index contributed by atoms with van der Waals surface area (Å²) in [7, 11) is 1.63. The lowest BCUT2D eigenvalue weighted by atomic mass is 10.1. The van der Waals surface area contributed by atoms with Gasteiger partial charge >= 0.3 is 6.61 Å². The first-order valence-electron chi connectivity index (χ1n) is 7.78. The second-order valence-corrected chi connectivity index (χ2v) is 6.64. The largest absolute Gasteiger partial charge is 0.454 e. The van der Waals surface area contributed by atoms with Crippen LogP contribution in [0.3, 0.4) is 0 Å². The fourth-order valence-corrected chi connectivity index (χ4v) is 3.10. The summed E-state index contributed by atoms with van der Waals surface area (Å²) in [5.41, 5.74) is 0.506. The molecule has 2 aromatic rings. The van der Waals surface area contributed by atoms with Crippen molar-refractivity contribution in [3.05, 3.63) is 33.8 Å². The van der Waals surface area contributed by atoms with E-state index in [0.29, 0.717) is 29.6 Å². The minimum Gasteiger partial charge on any atom is -0.454 e. The van der Waals surface area contributed by atoms with Crippen LogP contribution < -0.4 is 24.8 Å². The Bertz CT molecular complexity index is 798. The van der Waals surface area contributed by atoms with Gasteiger partial charge in [-0.25, -0.2) is 4.98 Å². The molecule has 10 heteroatoms. The van der Waals surface area contributed by atoms with Gasteiger partial charge < -0.3 is 24.8 Å². The first-order valence-corrected chi connectivity index (χ1v) is 8.60. The molecule has 2 heterocycles. The number of aryl methyl sites for hydroxylation is 1. The van der Waals surface area contributed by atoms with Crippen molar-refractivity contribution in [1.82, 2.24) is 15.6 Å². The molecule has 1 aliphatic heterocycles. The number of alkyl halides is 2. The van der Waals surface area contributed by atoms with Crippen molar-refractivity contribution >= 4 is 17.3 Å². The van der Waals surface area contributed by atoms with E-state index in [1.165, 1.54) is 6.07 Å². The maximum absolute atomic E-state index is 12.7. The van der Waals surface area contributed by atoms with Crippen LogP contribution >= 0.6 is 11.3 Å². The Kier molecular flexibility index (Phi) is 5.71. The lowest BCUT2D eigenvalue weighted by molar-refractivity contribution is -0.0505. The predicted octanol–water partition coefficient (Wildman–Crippen LogP) is 2.65. The number of hydrogen-bond donors (Lipinski definition) is 2. The molecule has 0 saturated carbocycles. The molecule has 0 radical (unpaired) electrons. The molecule has 0 atom stereocenters. The molecule has 140 valence electrons. The minimum absolute atomic E-state index is 0.0327. The molecule has 1 aliphatic rings. The Morgan fingerprint density at radius 1 is 1.31 bits per heavy atom. The third kappa shape index (κ3) is 4.51. The summed E-state index contributed by atoms with van der Waals surface area (Å²) in [6.45, 7) is -0.156. The van der Waals surface area contributed by atoms with Crippen molar-refractivity contribution in [3.8, 4) is 17.2 Å². The van der Waals surface area contributed by atoms with E-state index in [1.54, 1.807) is 30.6 Å². The number of rotatable bonds is 6. The zero-order valence-corrected chi connectivity index (χ0v) is 15.0. The topological polar surface area (TPSA) is 77.0 Å². The first-order chi connectivity index (χ1) is 12.5. The van der Waals surface area contributed by atoms with Crippen LogP contribution in [-0.2, 0) is 13.1 Å². The van der Waals surface area contributed by atoms with Crippen LogP contribution in [0.5, 0.6) is 17.2 Å². The number of ether oxygens (including phenoxy) is 3. The van der Waals surface area contributed by atoms with Crippen molar-refractivity contribution in [2.24, 2.45) is 4.99 Å². The summed E-state index contributed by atoms with van der Waals surface area (Å²) in [5, 5.41) is 7.20. The lowest BCUT2D eigenvalue weighted by Crippen LogP contribution is -2.36. The third-order valence-corrected chi connectivity index (χ3v) is 4.45. The zero-order valence-electron chi connectivity index (χ0n) is 14.2. The molecular weight excluding hydrogens is 366 g/mol. The Hall–Kier alpha value is -2.62. The normalized spacial score (nSPS) is 13.2. The van der Waals surface area contributed by atoms with Gasteiger partial charge in [0.1, 0.15) is 5.75 Å². The van der Waals surface area contributed by atoms with Crippen molar-refractivity contribution in [3.63, 3.8) is 0 Å². The van der Waals surface area contributed by atoms with Gasteiger partial charge in [0, 0.05) is 36.3 Å². The van der Waals surface area contributed by atoms with Gasteiger partial charge in [-0.2, -0.15) is 8.78 Å². The molecule has 0 aliphatic carbocycles. The van der Waals surface area contributed by atoms with Crippen molar-refractivity contribution in [1.29, 1.82) is 0 Å². The molecule has 3 rings (SSSR count). The quantitative estimate of drug-likeness (QED) is 0.589. The molecular formula is C16H18F2N4O3S. The number of fused-ring (bicyclic) bond motifs is 1. The SMILES string of the molecule is CN=C(NCc1cnc(C)s1)NCc1cc2c(cc1OC(F)F)OCO2. The molecule has 0 amide bonds. The second-order valence-electron chi connectivity index (χ2n) is 5.32. The highest BCUT2D eigenvalue weighted by atomic mass is 32.1. The monoisotopic (exact) mass is 384 g/mol. The van der Waals surface area contributed by atoms with Gasteiger partial charge in [-0.05, 0) is 13.0 Å². The molecule has 7 nitrogen and oxygen atoms in total. The van der Waals surface area contributed by atoms with Crippen molar-refractivity contribution in [2.45, 2.75) is 26.6 Å². The van der Waals surface area contributed by atoms with E-state index >= 15 is 0 Å². The van der Waals surface area contributed by atoms with Gasteiger partial charge in [0.25, 0.3) is 0 Å². The zero-order chi connectivity index (χ0) is 18.5. The molecule has 0 bridgehead atoms. The van der Waals surface area contributed by atoms with Crippen LogP contribution in [0, 0.1) is 6.92 Å². The van der Waals surface area contributed by atoms with E-state index in [1.807, 2.05) is 6.92 Å². The van der Waals surface area contributed by atoms with Crippen molar-refractivity contribution in [2.75, 3.05) is 13.8 Å². The average molecular weight is 384 g/mol. The molecule has 1 aromatic carbocycles. The Morgan fingerprint density at radius 3 is 2.69 bits per heavy atom. The highest BCUT2D eigenvalue weighted by Gasteiger charge is 2.20. The minimum atomic E-state index is -2.93. The summed E-state index contributed by atoms with van der Waals surface area (Å²) in [6.07, 6.45) is 1.80. The summed E-state index contributed by atoms with van der Waals surface area (Å²) < 4.78 is 40.4. The number of aliphatic imine (C=N–C) groups is 1. The fourth-order valence-electron chi connectivity index (χ4n) is 2.37. The van der Waals surface area contributed by atoms with Crippen LogP contribution in [0.1, 0.15) is 15.4 Å². The summed E-state index contributed by atoms with van der Waals surface area (Å²) in [6, 6.07) is 3.02. The standard InChI is InChI=1S/C16H18F2N4O3S/c1-9-20-6-11(26-9)7-22-16(19-2)21-5-10-3-13-14(24-8-23-13)4-12(10)25-15(17)18/h3-4,6,15H,5,7-8H2,1-2H3,(H2,19,21,22). The highest BCUT2D eigenvalue weighted by Crippen LogP contribution is 2.38. The maximum atomic E-state index is 12.7. The van der Waals surface area contributed by atoms with E-state index in [-0.39, 0.29) is 19.1 Å². The van der Waals surface area contributed by atoms with Gasteiger partial charge in [0.2, 0.25) is 6.79 Å². The van der Waals surface area contributed by atoms with E-state index in [9.17, 15) is 8.78 Å². The molecule has 0 unspecified atom stereocenters. The number of nitrogens with zero attached hydrogens (tertiary/aromatic N) is 2. The number of thiazole rings is 1. The van der Waals surface area contributed by atoms with Crippen molar-refractivity contribution < 1.29 is 23.0 Å². The predicted molar refractivity (Wildman–Crippen MR) is 93.1 cm³/mol. The number of nitrogens with one attached hydrogen (secondary N) is 2. The highest BCUT2D eigenvalue weighted by molar-refractivity contribution is 7.11. The molecule has 0 fully saturated rings. The second kappa shape index (κ2) is 8.17. The molecule has 1 aromatic heterocycles. The van der Waals surface area contributed by atoms with Crippen LogP contribution in [0.15, 0.2) is 23.3 Å². The smallest absolute Gasteiger partial charge is 0.387 e. The van der Waals surface area contributed by atoms with Crippen LogP contribution in [0.2, 0.25) is 0 Å². The molecule has 26 heavy (non-hydrogen) atoms. The van der Waals surface area contributed by atoms with E-state index in [0.717, 1.165) is 9.88 Å². The Morgan fingerprint density at radius 2 is 2.04 bits per heavy atom. The number of benzene rings is 1. The number of guanidine groups is 1. The average Bonchev–Trinajstić information content (AvgIpc) is 3.22. The summed E-state index contributed by atoms with van der Waals surface area (Å²) >= 11 is 1.59. The number of aromatic nitrogens is 1. The van der Waals surface area contributed by atoms with Crippen LogP contribution in [0.25, 0.3) is 0 Å². The van der Waals surface area contributed by atoms with E-state index < -0.39 is 6.61 Å². The van der Waals surface area contributed by atoms with Gasteiger partial charge in [0.05, 0.1) is 11.6 Å². The van der Waals surface area contributed by atoms with E-state index in [2.05, 4.69) is 25.3 Å². The molecule has 2 N–H and O–H groups in total. The number of halogens is 2. The molecule has 0 spiro atoms. The summed E-state index contributed by atoms with van der Waals surface area (Å²) in [4.78, 5) is 9.38. The summed E-state index contributed by atoms with van der Waals surface area (Å²) in [5.74, 6) is 1.43. The Labute approximate surface area is 153 Å². The fraction of sp³-hybridized carbons (Fsp3) is 0.375. The van der Waals surface area contributed by atoms with E-state index in [4.69, 9.17) is 9.47 Å². The van der Waals surface area contributed by atoms with Crippen LogP contribution in [0.4, 0.5) is 8.78 Å². The maximum Gasteiger partial charge on any atom is 0.387 e. The van der Waals surface area contributed by atoms with Gasteiger partial charge in [-0.3, -0.25) is 4.99 Å². The van der Waals surface area contributed by atoms with Gasteiger partial charge in [-0.15, -0.1) is 11.3 Å². The van der Waals surface area contributed by atoms with Crippen LogP contribution in [-0.4, -0.2) is 31.4 Å². The lowest BCUT2D eigenvalue weighted by Gasteiger charge is -2.15. The van der Waals surface area contributed by atoms with Gasteiger partial charge in [-0.1, -0.05) is 0 Å². The first kappa shape index (κ1) is 18.2. The molecule has 0 saturated heterocycles. The Balaban J connectivity index is 1.65. The number of hydrogen-bond acceptors (Lipinski definition) is 6. The van der Waals surface area contributed by atoms with Gasteiger partial charge in [0.15, 0.2) is 17.5 Å². The third-order valence-electron chi connectivity index (χ3n) is 3.54.